The Morgan fingerprint density at radius 1 is 1.19 bits per heavy atom. The maximum absolute atomic E-state index is 12.2. The smallest absolute Gasteiger partial charge is 0.323 e. The highest BCUT2D eigenvalue weighted by atomic mass is 16.6. The molecule has 1 rings (SSSR count). The van der Waals surface area contributed by atoms with Gasteiger partial charge in [0, 0.05) is 18.2 Å². The van der Waals surface area contributed by atoms with Gasteiger partial charge in [-0.15, -0.1) is 0 Å². The van der Waals surface area contributed by atoms with Crippen LogP contribution in [0.4, 0.5) is 0 Å². The summed E-state index contributed by atoms with van der Waals surface area (Å²) >= 11 is 0. The molecule has 0 aliphatic carbocycles. The van der Waals surface area contributed by atoms with Gasteiger partial charge >= 0.3 is 11.9 Å². The van der Waals surface area contributed by atoms with Crippen LogP contribution in [0.1, 0.15) is 26.3 Å². The zero-order valence-corrected chi connectivity index (χ0v) is 12.8. The number of pyridine rings is 1. The van der Waals surface area contributed by atoms with Crippen LogP contribution in [0.25, 0.3) is 0 Å². The Labute approximate surface area is 124 Å². The maximum atomic E-state index is 12.2. The second-order valence-electron chi connectivity index (χ2n) is 4.62. The second-order valence-corrected chi connectivity index (χ2v) is 4.62. The summed E-state index contributed by atoms with van der Waals surface area (Å²) in [6.07, 6.45) is 1.68. The lowest BCUT2D eigenvalue weighted by Gasteiger charge is -2.25. The van der Waals surface area contributed by atoms with Crippen molar-refractivity contribution >= 4 is 11.9 Å². The number of rotatable bonds is 7. The number of hydrogen-bond donors (Lipinski definition) is 0. The van der Waals surface area contributed by atoms with E-state index in [4.69, 9.17) is 14.2 Å². The topological polar surface area (TPSA) is 74.7 Å². The van der Waals surface area contributed by atoms with Crippen molar-refractivity contribution < 1.29 is 23.8 Å². The number of ether oxygens (including phenoxy) is 3. The fourth-order valence-corrected chi connectivity index (χ4v) is 1.93. The minimum Gasteiger partial charge on any atom is -0.481 e. The molecule has 0 amide bonds. The first-order valence-electron chi connectivity index (χ1n) is 6.81. The highest BCUT2D eigenvalue weighted by Crippen LogP contribution is 2.29. The van der Waals surface area contributed by atoms with Crippen molar-refractivity contribution in [2.45, 2.75) is 27.2 Å². The first-order valence-corrected chi connectivity index (χ1v) is 6.81. The molecule has 0 atom stereocenters. The van der Waals surface area contributed by atoms with E-state index in [1.165, 1.54) is 14.0 Å². The van der Waals surface area contributed by atoms with Crippen molar-refractivity contribution in [3.8, 4) is 5.88 Å². The summed E-state index contributed by atoms with van der Waals surface area (Å²) in [4.78, 5) is 28.5. The van der Waals surface area contributed by atoms with E-state index in [-0.39, 0.29) is 19.6 Å². The van der Waals surface area contributed by atoms with Crippen molar-refractivity contribution in [3.63, 3.8) is 0 Å². The van der Waals surface area contributed by atoms with E-state index in [0.717, 1.165) is 0 Å². The molecule has 0 fully saturated rings. The number of hydrogen-bond acceptors (Lipinski definition) is 6. The van der Waals surface area contributed by atoms with Crippen LogP contribution in [-0.2, 0) is 25.5 Å². The highest BCUT2D eigenvalue weighted by Gasteiger charge is 2.45. The molecule has 0 aliphatic rings. The average molecular weight is 295 g/mol. The van der Waals surface area contributed by atoms with Gasteiger partial charge in [-0.05, 0) is 26.8 Å². The van der Waals surface area contributed by atoms with E-state index in [9.17, 15) is 9.59 Å². The Hall–Kier alpha value is -2.11. The minimum atomic E-state index is -1.43. The van der Waals surface area contributed by atoms with E-state index in [0.29, 0.717) is 11.4 Å². The van der Waals surface area contributed by atoms with Gasteiger partial charge in [0.1, 0.15) is 0 Å². The van der Waals surface area contributed by atoms with Gasteiger partial charge < -0.3 is 14.2 Å². The van der Waals surface area contributed by atoms with Gasteiger partial charge in [0.2, 0.25) is 5.88 Å². The van der Waals surface area contributed by atoms with Crippen molar-refractivity contribution in [3.05, 3.63) is 23.9 Å². The van der Waals surface area contributed by atoms with Crippen LogP contribution in [-0.4, -0.2) is 37.2 Å². The van der Waals surface area contributed by atoms with Crippen LogP contribution >= 0.6 is 0 Å². The fraction of sp³-hybridized carbons (Fsp3) is 0.533. The monoisotopic (exact) mass is 295 g/mol. The van der Waals surface area contributed by atoms with Gasteiger partial charge in [-0.25, -0.2) is 4.98 Å². The Balaban J connectivity index is 3.12. The van der Waals surface area contributed by atoms with Gasteiger partial charge in [-0.3, -0.25) is 9.59 Å². The molecule has 0 aliphatic heterocycles. The third kappa shape index (κ3) is 3.93. The van der Waals surface area contributed by atoms with Crippen molar-refractivity contribution in [1.82, 2.24) is 4.98 Å². The van der Waals surface area contributed by atoms with Crippen molar-refractivity contribution in [2.24, 2.45) is 5.41 Å². The number of esters is 2. The highest BCUT2D eigenvalue weighted by molar-refractivity contribution is 6.00. The van der Waals surface area contributed by atoms with Gasteiger partial charge in [-0.1, -0.05) is 6.07 Å². The van der Waals surface area contributed by atoms with Gasteiger partial charge in [0.15, 0.2) is 5.41 Å². The summed E-state index contributed by atoms with van der Waals surface area (Å²) < 4.78 is 15.2. The third-order valence-electron chi connectivity index (χ3n) is 3.04. The van der Waals surface area contributed by atoms with Crippen LogP contribution < -0.4 is 4.74 Å². The molecule has 1 aromatic heterocycles. The molecule has 116 valence electrons. The first kappa shape index (κ1) is 16.9. The molecule has 0 N–H and O–H groups in total. The molecule has 1 aromatic rings. The summed E-state index contributed by atoms with van der Waals surface area (Å²) in [5.74, 6) is -0.860. The van der Waals surface area contributed by atoms with E-state index in [2.05, 4.69) is 4.98 Å². The molecule has 21 heavy (non-hydrogen) atoms. The Kier molecular flexibility index (Phi) is 6.14. The zero-order valence-electron chi connectivity index (χ0n) is 12.8. The molecule has 6 nitrogen and oxygen atoms in total. The van der Waals surface area contributed by atoms with Gasteiger partial charge in [0.25, 0.3) is 0 Å². The van der Waals surface area contributed by atoms with E-state index in [1.54, 1.807) is 32.2 Å². The average Bonchev–Trinajstić information content (AvgIpc) is 2.48. The van der Waals surface area contributed by atoms with Crippen LogP contribution in [0.2, 0.25) is 0 Å². The molecule has 0 unspecified atom stereocenters. The quantitative estimate of drug-likeness (QED) is 0.563. The molecule has 1 heterocycles. The van der Waals surface area contributed by atoms with Gasteiger partial charge in [-0.2, -0.15) is 0 Å². The van der Waals surface area contributed by atoms with E-state index >= 15 is 0 Å². The standard InChI is InChI=1S/C15H21NO5/c1-5-20-13(17)15(3,14(18)21-6-2)10-11-8-7-9-16-12(11)19-4/h7-9H,5-6,10H2,1-4H3. The maximum Gasteiger partial charge on any atom is 0.323 e. The normalized spacial score (nSPS) is 10.9. The number of carbonyl (C=O) groups excluding carboxylic acids is 2. The lowest BCUT2D eigenvalue weighted by Crippen LogP contribution is -2.41. The number of carbonyl (C=O) groups is 2. The Morgan fingerprint density at radius 2 is 1.76 bits per heavy atom. The summed E-state index contributed by atoms with van der Waals surface area (Å²) in [5.41, 5.74) is -0.786. The molecule has 0 saturated carbocycles. The SMILES string of the molecule is CCOC(=O)C(C)(Cc1cccnc1OC)C(=O)OCC. The summed E-state index contributed by atoms with van der Waals surface area (Å²) in [6.45, 7) is 5.27. The van der Waals surface area contributed by atoms with Crippen LogP contribution in [0, 0.1) is 5.41 Å². The summed E-state index contributed by atoms with van der Waals surface area (Å²) in [7, 11) is 1.48. The molecule has 0 aromatic carbocycles. The minimum absolute atomic E-state index is 0.0989. The molecular formula is C15H21NO5. The number of methoxy groups -OCH3 is 1. The van der Waals surface area contributed by atoms with Crippen LogP contribution in [0.5, 0.6) is 5.88 Å². The number of aromatic nitrogens is 1. The van der Waals surface area contributed by atoms with Crippen LogP contribution in [0.3, 0.4) is 0 Å². The zero-order chi connectivity index (χ0) is 15.9. The lowest BCUT2D eigenvalue weighted by molar-refractivity contribution is -0.170. The second kappa shape index (κ2) is 7.61. The molecule has 0 saturated heterocycles. The molecular weight excluding hydrogens is 274 g/mol. The van der Waals surface area contributed by atoms with E-state index in [1.807, 2.05) is 0 Å². The predicted octanol–water partition coefficient (Wildman–Crippen LogP) is 1.77. The summed E-state index contributed by atoms with van der Waals surface area (Å²) in [5, 5.41) is 0. The number of nitrogens with zero attached hydrogens (tertiary/aromatic N) is 1. The molecule has 6 heteroatoms. The predicted molar refractivity (Wildman–Crippen MR) is 75.9 cm³/mol. The Bertz CT molecular complexity index is 483. The molecule has 0 bridgehead atoms. The first-order chi connectivity index (χ1) is 9.99. The molecule has 0 radical (unpaired) electrons. The largest absolute Gasteiger partial charge is 0.481 e. The van der Waals surface area contributed by atoms with Gasteiger partial charge in [0.05, 0.1) is 20.3 Å². The Morgan fingerprint density at radius 3 is 2.24 bits per heavy atom. The van der Waals surface area contributed by atoms with Crippen molar-refractivity contribution in [1.29, 1.82) is 0 Å². The van der Waals surface area contributed by atoms with Crippen molar-refractivity contribution in [2.75, 3.05) is 20.3 Å². The van der Waals surface area contributed by atoms with E-state index < -0.39 is 17.4 Å². The molecule has 0 spiro atoms. The lowest BCUT2D eigenvalue weighted by atomic mass is 9.83. The third-order valence-corrected chi connectivity index (χ3v) is 3.04. The van der Waals surface area contributed by atoms with Crippen LogP contribution in [0.15, 0.2) is 18.3 Å². The fourth-order valence-electron chi connectivity index (χ4n) is 1.93. The summed E-state index contributed by atoms with van der Waals surface area (Å²) in [6, 6.07) is 3.47.